The summed E-state index contributed by atoms with van der Waals surface area (Å²) >= 11 is 0. The third-order valence-corrected chi connectivity index (χ3v) is 2.81. The maximum Gasteiger partial charge on any atom is 0.248 e. The van der Waals surface area contributed by atoms with Gasteiger partial charge in [0.25, 0.3) is 0 Å². The Balaban J connectivity index is 2.69. The van der Waals surface area contributed by atoms with E-state index in [1.54, 1.807) is 6.07 Å². The lowest BCUT2D eigenvalue weighted by molar-refractivity contribution is 0.700. The van der Waals surface area contributed by atoms with Gasteiger partial charge in [0, 0.05) is 11.6 Å². The van der Waals surface area contributed by atoms with Gasteiger partial charge in [-0.15, -0.1) is 6.42 Å². The molecule has 0 radical (unpaired) electrons. The van der Waals surface area contributed by atoms with Crippen LogP contribution in [-0.2, 0) is 5.41 Å². The number of benzene rings is 1. The van der Waals surface area contributed by atoms with Crippen molar-refractivity contribution in [1.82, 2.24) is 4.98 Å². The molecule has 1 aromatic heterocycles. The quantitative estimate of drug-likeness (QED) is 0.722. The number of rotatable bonds is 1. The number of fused-ring (bicyclic) bond motifs is 1. The van der Waals surface area contributed by atoms with Gasteiger partial charge < -0.3 is 4.98 Å². The van der Waals surface area contributed by atoms with Gasteiger partial charge in [0.15, 0.2) is 0 Å². The van der Waals surface area contributed by atoms with Crippen molar-refractivity contribution in [1.29, 1.82) is 0 Å². The fourth-order valence-corrected chi connectivity index (χ4v) is 1.62. The van der Waals surface area contributed by atoms with E-state index < -0.39 is 0 Å². The van der Waals surface area contributed by atoms with E-state index in [-0.39, 0.29) is 11.0 Å². The zero-order valence-corrected chi connectivity index (χ0v) is 9.37. The largest absolute Gasteiger partial charge is 0.322 e. The Morgan fingerprint density at radius 3 is 2.62 bits per heavy atom. The van der Waals surface area contributed by atoms with Crippen LogP contribution in [0.1, 0.15) is 19.4 Å². The third-order valence-electron chi connectivity index (χ3n) is 2.81. The Morgan fingerprint density at radius 1 is 1.25 bits per heavy atom. The average molecular weight is 211 g/mol. The summed E-state index contributed by atoms with van der Waals surface area (Å²) in [4.78, 5) is 14.0. The van der Waals surface area contributed by atoms with Crippen molar-refractivity contribution in [2.45, 2.75) is 19.3 Å². The molecule has 0 fully saturated rings. The number of aromatic amines is 1. The first kappa shape index (κ1) is 10.5. The van der Waals surface area contributed by atoms with E-state index in [2.05, 4.69) is 10.9 Å². The molecule has 0 atom stereocenters. The lowest BCUT2D eigenvalue weighted by Gasteiger charge is -2.18. The Labute approximate surface area is 94.3 Å². The van der Waals surface area contributed by atoms with Gasteiger partial charge in [0.2, 0.25) is 5.56 Å². The molecule has 2 heteroatoms. The van der Waals surface area contributed by atoms with Gasteiger partial charge >= 0.3 is 0 Å². The minimum Gasteiger partial charge on any atom is -0.322 e. The number of aromatic nitrogens is 1. The highest BCUT2D eigenvalue weighted by Gasteiger charge is 2.17. The molecular formula is C14H13NO. The highest BCUT2D eigenvalue weighted by Crippen LogP contribution is 2.24. The van der Waals surface area contributed by atoms with E-state index in [1.807, 2.05) is 32.0 Å². The normalized spacial score (nSPS) is 11.3. The van der Waals surface area contributed by atoms with Gasteiger partial charge in [0.1, 0.15) is 0 Å². The SMILES string of the molecule is C#CC(C)(C)c1ccc2ccc(=O)[nH]c2c1. The maximum atomic E-state index is 11.2. The van der Waals surface area contributed by atoms with Crippen molar-refractivity contribution in [2.24, 2.45) is 0 Å². The first-order valence-electron chi connectivity index (χ1n) is 5.14. The van der Waals surface area contributed by atoms with Crippen molar-refractivity contribution in [3.8, 4) is 12.3 Å². The molecular weight excluding hydrogens is 198 g/mol. The van der Waals surface area contributed by atoms with Gasteiger partial charge in [-0.05, 0) is 36.9 Å². The number of hydrogen-bond acceptors (Lipinski definition) is 1. The summed E-state index contributed by atoms with van der Waals surface area (Å²) in [5.74, 6) is 2.74. The number of terminal acetylenes is 1. The van der Waals surface area contributed by atoms with Crippen molar-refractivity contribution in [3.63, 3.8) is 0 Å². The van der Waals surface area contributed by atoms with Gasteiger partial charge in [-0.1, -0.05) is 18.1 Å². The molecule has 0 amide bonds. The van der Waals surface area contributed by atoms with Crippen LogP contribution >= 0.6 is 0 Å². The highest BCUT2D eigenvalue weighted by molar-refractivity contribution is 5.79. The molecule has 0 unspecified atom stereocenters. The first-order valence-corrected chi connectivity index (χ1v) is 5.14. The molecule has 1 heterocycles. The first-order chi connectivity index (χ1) is 7.53. The van der Waals surface area contributed by atoms with E-state index in [9.17, 15) is 4.79 Å². The maximum absolute atomic E-state index is 11.2. The predicted octanol–water partition coefficient (Wildman–Crippen LogP) is 2.44. The molecule has 1 aromatic carbocycles. The topological polar surface area (TPSA) is 32.9 Å². The zero-order valence-electron chi connectivity index (χ0n) is 9.37. The van der Waals surface area contributed by atoms with E-state index in [1.165, 1.54) is 6.07 Å². The molecule has 0 spiro atoms. The molecule has 2 aromatic rings. The highest BCUT2D eigenvalue weighted by atomic mass is 16.1. The Bertz CT molecular complexity index is 629. The average Bonchev–Trinajstić information content (AvgIpc) is 2.28. The summed E-state index contributed by atoms with van der Waals surface area (Å²) in [6.45, 7) is 3.96. The van der Waals surface area contributed by atoms with Crippen molar-refractivity contribution in [2.75, 3.05) is 0 Å². The van der Waals surface area contributed by atoms with Crippen LogP contribution in [0.3, 0.4) is 0 Å². The van der Waals surface area contributed by atoms with Crippen molar-refractivity contribution < 1.29 is 0 Å². The summed E-state index contributed by atoms with van der Waals surface area (Å²) < 4.78 is 0. The number of hydrogen-bond donors (Lipinski definition) is 1. The smallest absolute Gasteiger partial charge is 0.248 e. The number of nitrogens with one attached hydrogen (secondary N) is 1. The van der Waals surface area contributed by atoms with Gasteiger partial charge in [0.05, 0.1) is 5.41 Å². The van der Waals surface area contributed by atoms with Crippen LogP contribution in [0.25, 0.3) is 10.9 Å². The summed E-state index contributed by atoms with van der Waals surface area (Å²) in [6, 6.07) is 9.24. The van der Waals surface area contributed by atoms with Crippen LogP contribution in [0.2, 0.25) is 0 Å². The van der Waals surface area contributed by atoms with Crippen LogP contribution < -0.4 is 5.56 Å². The number of pyridine rings is 1. The zero-order chi connectivity index (χ0) is 11.8. The van der Waals surface area contributed by atoms with Crippen LogP contribution in [0.15, 0.2) is 35.1 Å². The number of H-pyrrole nitrogens is 1. The summed E-state index contributed by atoms with van der Waals surface area (Å²) in [5.41, 5.74) is 1.45. The summed E-state index contributed by atoms with van der Waals surface area (Å²) in [6.07, 6.45) is 5.49. The fraction of sp³-hybridized carbons (Fsp3) is 0.214. The molecule has 0 bridgehead atoms. The second-order valence-corrected chi connectivity index (χ2v) is 4.39. The Morgan fingerprint density at radius 2 is 1.94 bits per heavy atom. The van der Waals surface area contributed by atoms with Crippen LogP contribution in [0, 0.1) is 12.3 Å². The lowest BCUT2D eigenvalue weighted by Crippen LogP contribution is -2.14. The van der Waals surface area contributed by atoms with E-state index in [0.29, 0.717) is 0 Å². The molecule has 0 aliphatic rings. The van der Waals surface area contributed by atoms with Gasteiger partial charge in [-0.2, -0.15) is 0 Å². The predicted molar refractivity (Wildman–Crippen MR) is 66.4 cm³/mol. The van der Waals surface area contributed by atoms with E-state index >= 15 is 0 Å². The second kappa shape index (κ2) is 3.53. The van der Waals surface area contributed by atoms with Crippen LogP contribution in [0.4, 0.5) is 0 Å². The molecule has 16 heavy (non-hydrogen) atoms. The molecule has 2 nitrogen and oxygen atoms in total. The molecule has 0 saturated heterocycles. The molecule has 0 aliphatic carbocycles. The van der Waals surface area contributed by atoms with E-state index in [4.69, 9.17) is 6.42 Å². The monoisotopic (exact) mass is 211 g/mol. The molecule has 1 N–H and O–H groups in total. The fourth-order valence-electron chi connectivity index (χ4n) is 1.62. The third kappa shape index (κ3) is 1.72. The molecule has 0 aliphatic heterocycles. The van der Waals surface area contributed by atoms with Gasteiger partial charge in [-0.3, -0.25) is 4.79 Å². The Hall–Kier alpha value is -2.01. The lowest BCUT2D eigenvalue weighted by atomic mass is 9.85. The second-order valence-electron chi connectivity index (χ2n) is 4.39. The molecule has 0 saturated carbocycles. The standard InChI is InChI=1S/C14H13NO/c1-4-14(2,3)11-7-5-10-6-8-13(16)15-12(10)9-11/h1,5-9H,2-3H3,(H,15,16). The van der Waals surface area contributed by atoms with Crippen molar-refractivity contribution >= 4 is 10.9 Å². The Kier molecular flexibility index (Phi) is 2.32. The van der Waals surface area contributed by atoms with Gasteiger partial charge in [-0.25, -0.2) is 0 Å². The molecule has 80 valence electrons. The van der Waals surface area contributed by atoms with E-state index in [0.717, 1.165) is 16.5 Å². The summed E-state index contributed by atoms with van der Waals surface area (Å²) in [5, 5.41) is 1.01. The minimum atomic E-state index is -0.319. The van der Waals surface area contributed by atoms with Crippen molar-refractivity contribution in [3.05, 3.63) is 46.2 Å². The van der Waals surface area contributed by atoms with Crippen LogP contribution in [0.5, 0.6) is 0 Å². The van der Waals surface area contributed by atoms with Crippen LogP contribution in [-0.4, -0.2) is 4.98 Å². The molecule has 2 rings (SSSR count). The minimum absolute atomic E-state index is 0.0943. The summed E-state index contributed by atoms with van der Waals surface area (Å²) in [7, 11) is 0.